The molecule has 0 aromatic carbocycles. The average Bonchev–Trinajstić information content (AvgIpc) is 3.77. The number of aromatic nitrogens is 6. The SMILES string of the molecule is CC.CC=N.Cc1cc(NC(=O)Nc2cnc3ccnn3c2C2CCCC2)cnc1-c1noc(COCCCCO)n1. The lowest BCUT2D eigenvalue weighted by Gasteiger charge is -2.17. The van der Waals surface area contributed by atoms with E-state index < -0.39 is 0 Å². The second kappa shape index (κ2) is 16.9. The van der Waals surface area contributed by atoms with Crippen molar-refractivity contribution < 1.29 is 19.2 Å². The standard InChI is InChI=1S/C25H30N8O4.C2H5N.C2H6/c1-16-12-18(13-27-22(16)24-31-21(37-32-24)15-36-11-5-4-10-34)29-25(35)30-19-14-26-20-8-9-28-33(20)23(19)17-6-2-3-7-17;1-2-3;1-2/h8-9,12-14,17,34H,2-7,10-11,15H2,1H3,(H2,29,30,35);2-3H,1H3;1-2H3. The Bertz CT molecular complexity index is 1410. The fourth-order valence-corrected chi connectivity index (χ4v) is 4.63. The number of hydrogen-bond acceptors (Lipinski definition) is 10. The van der Waals surface area contributed by atoms with E-state index in [0.717, 1.165) is 49.0 Å². The van der Waals surface area contributed by atoms with Crippen LogP contribution in [-0.2, 0) is 11.3 Å². The number of nitrogens with one attached hydrogen (secondary N) is 3. The molecule has 13 heteroatoms. The van der Waals surface area contributed by atoms with E-state index >= 15 is 0 Å². The van der Waals surface area contributed by atoms with Crippen molar-refractivity contribution in [3.63, 3.8) is 0 Å². The van der Waals surface area contributed by atoms with Crippen molar-refractivity contribution in [3.05, 3.63) is 47.9 Å². The molecule has 0 bridgehead atoms. The molecule has 2 amide bonds. The maximum atomic E-state index is 12.9. The number of urea groups is 1. The molecule has 4 N–H and O–H groups in total. The summed E-state index contributed by atoms with van der Waals surface area (Å²) in [4.78, 5) is 26.1. The maximum absolute atomic E-state index is 12.9. The van der Waals surface area contributed by atoms with Crippen molar-refractivity contribution in [3.8, 4) is 11.5 Å². The van der Waals surface area contributed by atoms with Crippen molar-refractivity contribution in [1.29, 1.82) is 5.41 Å². The molecule has 0 spiro atoms. The van der Waals surface area contributed by atoms with Crippen LogP contribution in [0.2, 0.25) is 0 Å². The maximum Gasteiger partial charge on any atom is 0.323 e. The fourth-order valence-electron chi connectivity index (χ4n) is 4.63. The van der Waals surface area contributed by atoms with Crippen molar-refractivity contribution in [2.24, 2.45) is 0 Å². The number of carbonyl (C=O) groups is 1. The molecule has 1 fully saturated rings. The minimum absolute atomic E-state index is 0.144. The number of carbonyl (C=O) groups excluding carboxylic acids is 1. The van der Waals surface area contributed by atoms with Gasteiger partial charge < -0.3 is 30.4 Å². The number of pyridine rings is 1. The Balaban J connectivity index is 0.000000910. The first-order valence-electron chi connectivity index (χ1n) is 14.4. The molecule has 4 heterocycles. The van der Waals surface area contributed by atoms with Gasteiger partial charge in [-0.3, -0.25) is 4.98 Å². The predicted octanol–water partition coefficient (Wildman–Crippen LogP) is 5.76. The van der Waals surface area contributed by atoms with E-state index in [4.69, 9.17) is 19.8 Å². The molecule has 5 rings (SSSR count). The van der Waals surface area contributed by atoms with Gasteiger partial charge in [0.1, 0.15) is 12.3 Å². The summed E-state index contributed by atoms with van der Waals surface area (Å²) in [7, 11) is 0. The van der Waals surface area contributed by atoms with Crippen LogP contribution in [0.4, 0.5) is 16.2 Å². The van der Waals surface area contributed by atoms with Crippen LogP contribution >= 0.6 is 0 Å². The smallest absolute Gasteiger partial charge is 0.323 e. The van der Waals surface area contributed by atoms with Crippen LogP contribution in [0.15, 0.2) is 35.2 Å². The number of aryl methyl sites for hydroxylation is 1. The molecule has 1 aliphatic carbocycles. The molecule has 0 radical (unpaired) electrons. The minimum Gasteiger partial charge on any atom is -0.396 e. The molecule has 1 aliphatic rings. The highest BCUT2D eigenvalue weighted by Crippen LogP contribution is 2.37. The first kappa shape index (κ1) is 32.3. The van der Waals surface area contributed by atoms with E-state index in [2.05, 4.69) is 35.8 Å². The van der Waals surface area contributed by atoms with Gasteiger partial charge in [0.15, 0.2) is 5.65 Å². The van der Waals surface area contributed by atoms with Crippen LogP contribution in [0.3, 0.4) is 0 Å². The van der Waals surface area contributed by atoms with Gasteiger partial charge in [0.05, 0.1) is 35.7 Å². The zero-order valence-corrected chi connectivity index (χ0v) is 24.8. The Morgan fingerprint density at radius 2 is 1.98 bits per heavy atom. The van der Waals surface area contributed by atoms with E-state index in [1.165, 1.54) is 6.21 Å². The Hall–Kier alpha value is -4.23. The van der Waals surface area contributed by atoms with E-state index in [1.807, 2.05) is 31.4 Å². The number of aliphatic hydroxyl groups excluding tert-OH is 1. The van der Waals surface area contributed by atoms with Crippen LogP contribution in [0.1, 0.15) is 82.4 Å². The zero-order chi connectivity index (χ0) is 30.3. The quantitative estimate of drug-likeness (QED) is 0.134. The van der Waals surface area contributed by atoms with Crippen LogP contribution in [0, 0.1) is 12.3 Å². The van der Waals surface area contributed by atoms with Crippen LogP contribution < -0.4 is 10.6 Å². The summed E-state index contributed by atoms with van der Waals surface area (Å²) < 4.78 is 12.6. The van der Waals surface area contributed by atoms with Gasteiger partial charge in [-0.15, -0.1) is 0 Å². The first-order chi connectivity index (χ1) is 20.5. The monoisotopic (exact) mass is 579 g/mol. The summed E-state index contributed by atoms with van der Waals surface area (Å²) in [5.74, 6) is 1.03. The average molecular weight is 580 g/mol. The van der Waals surface area contributed by atoms with Crippen molar-refractivity contribution in [2.75, 3.05) is 23.8 Å². The largest absolute Gasteiger partial charge is 0.396 e. The molecule has 226 valence electrons. The van der Waals surface area contributed by atoms with Crippen LogP contribution in [0.25, 0.3) is 17.2 Å². The fraction of sp³-hybridized carbons (Fsp3) is 0.483. The van der Waals surface area contributed by atoms with Gasteiger partial charge >= 0.3 is 6.03 Å². The normalized spacial score (nSPS) is 12.7. The molecule has 0 saturated heterocycles. The summed E-state index contributed by atoms with van der Waals surface area (Å²) in [5.41, 5.74) is 4.27. The molecule has 0 atom stereocenters. The molecule has 1 saturated carbocycles. The summed E-state index contributed by atoms with van der Waals surface area (Å²) in [6.45, 7) is 8.37. The number of nitrogens with zero attached hydrogens (tertiary/aromatic N) is 6. The van der Waals surface area contributed by atoms with Gasteiger partial charge in [0.2, 0.25) is 5.82 Å². The van der Waals surface area contributed by atoms with Crippen LogP contribution in [0.5, 0.6) is 0 Å². The van der Waals surface area contributed by atoms with Gasteiger partial charge in [-0.2, -0.15) is 10.1 Å². The lowest BCUT2D eigenvalue weighted by Crippen LogP contribution is -2.22. The highest BCUT2D eigenvalue weighted by atomic mass is 16.5. The third kappa shape index (κ3) is 8.63. The van der Waals surface area contributed by atoms with Gasteiger partial charge in [-0.05, 0) is 57.4 Å². The van der Waals surface area contributed by atoms with E-state index in [1.54, 1.807) is 31.6 Å². The molecule has 4 aromatic rings. The Morgan fingerprint density at radius 1 is 1.21 bits per heavy atom. The number of anilines is 2. The zero-order valence-electron chi connectivity index (χ0n) is 24.8. The predicted molar refractivity (Wildman–Crippen MR) is 161 cm³/mol. The number of amides is 2. The second-order valence-corrected chi connectivity index (χ2v) is 9.39. The second-order valence-electron chi connectivity index (χ2n) is 9.39. The van der Waals surface area contributed by atoms with Gasteiger partial charge in [0.25, 0.3) is 5.89 Å². The minimum atomic E-state index is -0.387. The number of hydrogen-bond donors (Lipinski definition) is 4. The topological polar surface area (TPSA) is 176 Å². The number of fused-ring (bicyclic) bond motifs is 1. The third-order valence-corrected chi connectivity index (χ3v) is 6.38. The number of aliphatic hydroxyl groups is 1. The number of ether oxygens (including phenoxy) is 1. The van der Waals surface area contributed by atoms with Crippen molar-refractivity contribution in [2.45, 2.75) is 78.7 Å². The highest BCUT2D eigenvalue weighted by molar-refractivity contribution is 6.00. The van der Waals surface area contributed by atoms with Gasteiger partial charge in [0, 0.05) is 25.2 Å². The molecule has 4 aromatic heterocycles. The lowest BCUT2D eigenvalue weighted by atomic mass is 10.0. The molecule has 42 heavy (non-hydrogen) atoms. The summed E-state index contributed by atoms with van der Waals surface area (Å²) in [5, 5.41) is 29.1. The lowest BCUT2D eigenvalue weighted by molar-refractivity contribution is 0.0913. The summed E-state index contributed by atoms with van der Waals surface area (Å²) in [6, 6.07) is 3.27. The molecular formula is C29H41N9O4. The molecular weight excluding hydrogens is 538 g/mol. The van der Waals surface area contributed by atoms with E-state index in [9.17, 15) is 4.79 Å². The van der Waals surface area contributed by atoms with E-state index in [0.29, 0.717) is 47.7 Å². The number of unbranched alkanes of at least 4 members (excludes halogenated alkanes) is 1. The molecule has 0 unspecified atom stereocenters. The molecule has 0 aliphatic heterocycles. The highest BCUT2D eigenvalue weighted by Gasteiger charge is 2.25. The Kier molecular flexibility index (Phi) is 13.0. The number of rotatable bonds is 10. The van der Waals surface area contributed by atoms with Crippen LogP contribution in [-0.4, -0.2) is 60.3 Å². The first-order valence-corrected chi connectivity index (χ1v) is 14.4. The van der Waals surface area contributed by atoms with Gasteiger partial charge in [-0.1, -0.05) is 31.8 Å². The third-order valence-electron chi connectivity index (χ3n) is 6.38. The van der Waals surface area contributed by atoms with E-state index in [-0.39, 0.29) is 19.2 Å². The van der Waals surface area contributed by atoms with Crippen molar-refractivity contribution in [1.82, 2.24) is 29.7 Å². The van der Waals surface area contributed by atoms with Gasteiger partial charge in [-0.25, -0.2) is 14.3 Å². The Morgan fingerprint density at radius 3 is 2.69 bits per heavy atom. The summed E-state index contributed by atoms with van der Waals surface area (Å²) in [6.07, 6.45) is 12.1. The molecule has 13 nitrogen and oxygen atoms in total. The summed E-state index contributed by atoms with van der Waals surface area (Å²) >= 11 is 0. The van der Waals surface area contributed by atoms with Crippen molar-refractivity contribution >= 4 is 29.3 Å². The Labute approximate surface area is 245 Å².